The molecule has 0 spiro atoms. The van der Waals surface area contributed by atoms with Crippen molar-refractivity contribution in [3.05, 3.63) is 51.2 Å². The van der Waals surface area contributed by atoms with Crippen molar-refractivity contribution in [3.8, 4) is 0 Å². The van der Waals surface area contributed by atoms with Crippen molar-refractivity contribution >= 4 is 33.4 Å². The summed E-state index contributed by atoms with van der Waals surface area (Å²) in [4.78, 5) is 37.2. The van der Waals surface area contributed by atoms with Gasteiger partial charge in [0.15, 0.2) is 10.4 Å². The maximum absolute atomic E-state index is 11.6. The average Bonchev–Trinajstić information content (AvgIpc) is 2.85. The second-order valence-electron chi connectivity index (χ2n) is 3.76. The molecule has 0 atom stereocenters. The third-order valence-corrected chi connectivity index (χ3v) is 2.73. The van der Waals surface area contributed by atoms with Crippen LogP contribution in [-0.2, 0) is 4.79 Å². The van der Waals surface area contributed by atoms with Gasteiger partial charge in [0.25, 0.3) is 5.91 Å². The van der Waals surface area contributed by atoms with E-state index in [1.807, 2.05) is 0 Å². The number of hydrogen-bond donors (Lipinski definition) is 3. The Morgan fingerprint density at radius 2 is 2.10 bits per heavy atom. The van der Waals surface area contributed by atoms with E-state index in [-0.39, 0.29) is 23.4 Å². The van der Waals surface area contributed by atoms with Crippen LogP contribution in [-0.4, -0.2) is 23.3 Å². The molecular weight excluding hydrogens is 330 g/mol. The fraction of sp³-hybridized carbons (Fsp3) is 0.0833. The number of aromatic amines is 1. The molecule has 0 aliphatic carbocycles. The highest BCUT2D eigenvalue weighted by atomic mass is 79.9. The van der Waals surface area contributed by atoms with Crippen molar-refractivity contribution in [2.24, 2.45) is 0 Å². The Morgan fingerprint density at radius 3 is 2.75 bits per heavy atom. The van der Waals surface area contributed by atoms with Gasteiger partial charge in [0, 0.05) is 18.5 Å². The van der Waals surface area contributed by atoms with Crippen LogP contribution in [0.1, 0.15) is 10.6 Å². The van der Waals surface area contributed by atoms with Gasteiger partial charge in [0.05, 0.1) is 6.54 Å². The summed E-state index contributed by atoms with van der Waals surface area (Å²) in [6.45, 7) is -0.272. The Bertz CT molecular complexity index is 692. The minimum absolute atomic E-state index is 0.0854. The highest BCUT2D eigenvalue weighted by Crippen LogP contribution is 2.13. The summed E-state index contributed by atoms with van der Waals surface area (Å²) in [5.74, 6) is -0.948. The third kappa shape index (κ3) is 3.58. The van der Waals surface area contributed by atoms with Gasteiger partial charge in [-0.3, -0.25) is 14.4 Å². The SMILES string of the molecule is O=C(CNC(=O)c1ccc(Br)o1)Nc1c[nH]ccc1=O. The molecule has 0 aliphatic rings. The van der Waals surface area contributed by atoms with E-state index in [9.17, 15) is 14.4 Å². The number of anilines is 1. The smallest absolute Gasteiger partial charge is 0.287 e. The Kier molecular flexibility index (Phi) is 4.36. The summed E-state index contributed by atoms with van der Waals surface area (Å²) in [7, 11) is 0. The molecule has 2 rings (SSSR count). The first kappa shape index (κ1) is 14.1. The van der Waals surface area contributed by atoms with E-state index >= 15 is 0 Å². The average molecular weight is 340 g/mol. The zero-order valence-electron chi connectivity index (χ0n) is 10.1. The Hall–Kier alpha value is -2.35. The molecule has 0 fully saturated rings. The van der Waals surface area contributed by atoms with Gasteiger partial charge in [-0.05, 0) is 28.1 Å². The van der Waals surface area contributed by atoms with Gasteiger partial charge >= 0.3 is 0 Å². The number of carbonyl (C=O) groups excluding carboxylic acids is 2. The molecule has 0 radical (unpaired) electrons. The quantitative estimate of drug-likeness (QED) is 0.775. The Morgan fingerprint density at radius 1 is 1.30 bits per heavy atom. The second-order valence-corrected chi connectivity index (χ2v) is 4.54. The number of nitrogens with one attached hydrogen (secondary N) is 3. The van der Waals surface area contributed by atoms with Crippen LogP contribution >= 0.6 is 15.9 Å². The molecular formula is C12H10BrN3O4. The maximum atomic E-state index is 11.6. The molecule has 0 saturated heterocycles. The zero-order chi connectivity index (χ0) is 14.5. The van der Waals surface area contributed by atoms with Crippen LogP contribution < -0.4 is 16.1 Å². The molecule has 0 aromatic carbocycles. The second kappa shape index (κ2) is 6.20. The molecule has 8 heteroatoms. The molecule has 7 nitrogen and oxygen atoms in total. The lowest BCUT2D eigenvalue weighted by Crippen LogP contribution is -2.33. The highest BCUT2D eigenvalue weighted by molar-refractivity contribution is 9.10. The molecule has 2 amide bonds. The van der Waals surface area contributed by atoms with Crippen LogP contribution in [0.3, 0.4) is 0 Å². The molecule has 0 unspecified atom stereocenters. The topological polar surface area (TPSA) is 104 Å². The third-order valence-electron chi connectivity index (χ3n) is 2.30. The van der Waals surface area contributed by atoms with Gasteiger partial charge in [-0.2, -0.15) is 0 Å². The lowest BCUT2D eigenvalue weighted by molar-refractivity contribution is -0.115. The number of H-pyrrole nitrogens is 1. The summed E-state index contributed by atoms with van der Waals surface area (Å²) < 4.78 is 5.45. The number of carbonyl (C=O) groups is 2. The normalized spacial score (nSPS) is 10.1. The van der Waals surface area contributed by atoms with Crippen LogP contribution in [0.2, 0.25) is 0 Å². The van der Waals surface area contributed by atoms with Gasteiger partial charge in [-0.1, -0.05) is 0 Å². The van der Waals surface area contributed by atoms with Gasteiger partial charge in [0.1, 0.15) is 5.69 Å². The standard InChI is InChI=1S/C12H10BrN3O4/c13-10-2-1-9(20-10)12(19)15-6-11(18)16-7-5-14-4-3-8(7)17/h1-5H,6H2,(H,14,17)(H,15,19)(H,16,18). The van der Waals surface area contributed by atoms with Crippen LogP contribution in [0.25, 0.3) is 0 Å². The molecule has 20 heavy (non-hydrogen) atoms. The van der Waals surface area contributed by atoms with Gasteiger partial charge in [-0.25, -0.2) is 0 Å². The molecule has 2 heterocycles. The van der Waals surface area contributed by atoms with Crippen molar-refractivity contribution in [1.29, 1.82) is 0 Å². The van der Waals surface area contributed by atoms with Crippen LogP contribution in [0.15, 0.2) is 44.5 Å². The first-order valence-corrected chi connectivity index (χ1v) is 6.36. The Labute approximate surface area is 121 Å². The fourth-order valence-electron chi connectivity index (χ4n) is 1.39. The summed E-state index contributed by atoms with van der Waals surface area (Å²) in [5.41, 5.74) is -0.203. The van der Waals surface area contributed by atoms with E-state index in [1.54, 1.807) is 6.07 Å². The van der Waals surface area contributed by atoms with Crippen molar-refractivity contribution in [2.45, 2.75) is 0 Å². The monoisotopic (exact) mass is 339 g/mol. The summed E-state index contributed by atoms with van der Waals surface area (Å²) in [6.07, 6.45) is 2.82. The molecule has 0 saturated carbocycles. The number of furan rings is 1. The van der Waals surface area contributed by atoms with E-state index in [1.165, 1.54) is 24.5 Å². The fourth-order valence-corrected chi connectivity index (χ4v) is 1.70. The van der Waals surface area contributed by atoms with Gasteiger partial charge in [-0.15, -0.1) is 0 Å². The van der Waals surface area contributed by atoms with E-state index in [2.05, 4.69) is 31.5 Å². The van der Waals surface area contributed by atoms with Crippen molar-refractivity contribution in [3.63, 3.8) is 0 Å². The molecule has 0 aliphatic heterocycles. The molecule has 3 N–H and O–H groups in total. The van der Waals surface area contributed by atoms with E-state index in [0.29, 0.717) is 4.67 Å². The minimum Gasteiger partial charge on any atom is -0.444 e. The Balaban J connectivity index is 1.88. The van der Waals surface area contributed by atoms with Gasteiger partial charge in [0.2, 0.25) is 11.3 Å². The number of amides is 2. The largest absolute Gasteiger partial charge is 0.444 e. The van der Waals surface area contributed by atoms with Crippen molar-refractivity contribution < 1.29 is 14.0 Å². The van der Waals surface area contributed by atoms with Crippen LogP contribution in [0, 0.1) is 0 Å². The number of hydrogen-bond acceptors (Lipinski definition) is 4. The maximum Gasteiger partial charge on any atom is 0.287 e. The van der Waals surface area contributed by atoms with E-state index in [0.717, 1.165) is 0 Å². The molecule has 2 aromatic heterocycles. The lowest BCUT2D eigenvalue weighted by Gasteiger charge is -2.04. The lowest BCUT2D eigenvalue weighted by atomic mass is 10.4. The number of aromatic nitrogens is 1. The van der Waals surface area contributed by atoms with Crippen molar-refractivity contribution in [1.82, 2.24) is 10.3 Å². The highest BCUT2D eigenvalue weighted by Gasteiger charge is 2.12. The zero-order valence-corrected chi connectivity index (χ0v) is 11.7. The van der Waals surface area contributed by atoms with Gasteiger partial charge < -0.3 is 20.0 Å². The van der Waals surface area contributed by atoms with Crippen molar-refractivity contribution in [2.75, 3.05) is 11.9 Å². The van der Waals surface area contributed by atoms with Crippen LogP contribution in [0.5, 0.6) is 0 Å². The number of rotatable bonds is 4. The number of halogens is 1. The summed E-state index contributed by atoms with van der Waals surface area (Å²) >= 11 is 3.07. The first-order valence-electron chi connectivity index (χ1n) is 5.57. The van der Waals surface area contributed by atoms with Crippen LogP contribution in [0.4, 0.5) is 5.69 Å². The van der Waals surface area contributed by atoms with E-state index < -0.39 is 11.8 Å². The summed E-state index contributed by atoms with van der Waals surface area (Å²) in [6, 6.07) is 4.33. The predicted molar refractivity (Wildman–Crippen MR) is 74.4 cm³/mol. The number of pyridine rings is 1. The molecule has 0 bridgehead atoms. The predicted octanol–water partition coefficient (Wildman–Crippen LogP) is 1.10. The first-order chi connectivity index (χ1) is 9.56. The molecule has 2 aromatic rings. The summed E-state index contributed by atoms with van der Waals surface area (Å²) in [5, 5.41) is 4.76. The minimum atomic E-state index is -0.521. The molecule has 104 valence electrons. The van der Waals surface area contributed by atoms with E-state index in [4.69, 9.17) is 4.42 Å².